The Morgan fingerprint density at radius 1 is 1.39 bits per heavy atom. The molecular formula is C18H15N3O2. The fourth-order valence-electron chi connectivity index (χ4n) is 2.77. The van der Waals surface area contributed by atoms with Crippen LogP contribution in [0.4, 0.5) is 11.4 Å². The molecule has 0 saturated heterocycles. The Hall–Kier alpha value is -2.97. The molecule has 1 amide bonds. The molecule has 2 N–H and O–H groups in total. The summed E-state index contributed by atoms with van der Waals surface area (Å²) >= 11 is 0. The van der Waals surface area contributed by atoms with Crippen LogP contribution < -0.4 is 5.48 Å². The Morgan fingerprint density at radius 2 is 2.22 bits per heavy atom. The van der Waals surface area contributed by atoms with Gasteiger partial charge in [-0.2, -0.15) is 0 Å². The van der Waals surface area contributed by atoms with Gasteiger partial charge < -0.3 is 0 Å². The summed E-state index contributed by atoms with van der Waals surface area (Å²) in [6, 6.07) is 11.0. The quantitative estimate of drug-likeness (QED) is 0.517. The molecule has 0 saturated carbocycles. The number of hydrogen-bond donors (Lipinski definition) is 2. The molecule has 0 spiro atoms. The van der Waals surface area contributed by atoms with Gasteiger partial charge in [-0.3, -0.25) is 15.0 Å². The first-order valence-corrected chi connectivity index (χ1v) is 7.21. The summed E-state index contributed by atoms with van der Waals surface area (Å²) in [5, 5.41) is 8.71. The van der Waals surface area contributed by atoms with Gasteiger partial charge in [0.05, 0.1) is 12.3 Å². The molecule has 1 heterocycles. The first-order valence-electron chi connectivity index (χ1n) is 7.21. The van der Waals surface area contributed by atoms with Gasteiger partial charge in [0.15, 0.2) is 5.69 Å². The van der Waals surface area contributed by atoms with Crippen LogP contribution >= 0.6 is 0 Å². The van der Waals surface area contributed by atoms with Crippen molar-refractivity contribution >= 4 is 23.0 Å². The monoisotopic (exact) mass is 305 g/mol. The van der Waals surface area contributed by atoms with Crippen LogP contribution in [0, 0.1) is 13.5 Å². The lowest BCUT2D eigenvalue weighted by molar-refractivity contribution is 0.0706. The minimum atomic E-state index is -0.527. The standard InChI is InChI=1S/C18H15N3O2/c1-11-6-14-9-15(20-17(14)10-16(11)19-2)8-12-4-3-5-13(7-12)18(22)21-23/h3-7,10,23H,8-9H2,1H3,(H,21,22). The Kier molecular flexibility index (Phi) is 3.92. The number of carbonyl (C=O) groups excluding carboxylic acids is 1. The van der Waals surface area contributed by atoms with Crippen molar-refractivity contribution in [2.75, 3.05) is 0 Å². The molecule has 1 aliphatic rings. The van der Waals surface area contributed by atoms with Crippen molar-refractivity contribution in [2.24, 2.45) is 4.99 Å². The number of nitrogens with zero attached hydrogens (tertiary/aromatic N) is 2. The van der Waals surface area contributed by atoms with Crippen LogP contribution in [0.15, 0.2) is 41.4 Å². The van der Waals surface area contributed by atoms with Gasteiger partial charge in [0.25, 0.3) is 5.91 Å². The first kappa shape index (κ1) is 14.9. The second kappa shape index (κ2) is 6.03. The van der Waals surface area contributed by atoms with Gasteiger partial charge in [0.1, 0.15) is 0 Å². The van der Waals surface area contributed by atoms with E-state index in [9.17, 15) is 4.79 Å². The van der Waals surface area contributed by atoms with E-state index in [0.717, 1.165) is 34.5 Å². The van der Waals surface area contributed by atoms with Gasteiger partial charge in [-0.25, -0.2) is 10.3 Å². The lowest BCUT2D eigenvalue weighted by Crippen LogP contribution is -2.18. The van der Waals surface area contributed by atoms with Crippen molar-refractivity contribution < 1.29 is 10.0 Å². The average Bonchev–Trinajstić information content (AvgIpc) is 2.94. The Bertz CT molecular complexity index is 863. The van der Waals surface area contributed by atoms with Crippen molar-refractivity contribution in [1.29, 1.82) is 0 Å². The molecule has 0 unspecified atom stereocenters. The maximum Gasteiger partial charge on any atom is 0.274 e. The molecule has 3 rings (SSSR count). The van der Waals surface area contributed by atoms with Crippen LogP contribution in [0.25, 0.3) is 4.85 Å². The van der Waals surface area contributed by atoms with E-state index >= 15 is 0 Å². The summed E-state index contributed by atoms with van der Waals surface area (Å²) in [7, 11) is 0. The van der Waals surface area contributed by atoms with Crippen LogP contribution in [0.5, 0.6) is 0 Å². The number of hydroxylamine groups is 1. The fourth-order valence-corrected chi connectivity index (χ4v) is 2.77. The number of carbonyl (C=O) groups is 1. The normalized spacial score (nSPS) is 12.3. The molecule has 0 aromatic heterocycles. The summed E-state index contributed by atoms with van der Waals surface area (Å²) in [6.45, 7) is 9.11. The fraction of sp³-hybridized carbons (Fsp3) is 0.167. The summed E-state index contributed by atoms with van der Waals surface area (Å²) in [5.74, 6) is -0.527. The summed E-state index contributed by atoms with van der Waals surface area (Å²) < 4.78 is 0. The Labute approximate surface area is 134 Å². The third-order valence-corrected chi connectivity index (χ3v) is 3.89. The van der Waals surface area contributed by atoms with E-state index in [4.69, 9.17) is 11.8 Å². The second-order valence-corrected chi connectivity index (χ2v) is 5.55. The molecule has 114 valence electrons. The third kappa shape index (κ3) is 2.98. The van der Waals surface area contributed by atoms with Crippen molar-refractivity contribution in [2.45, 2.75) is 19.8 Å². The third-order valence-electron chi connectivity index (χ3n) is 3.89. The molecule has 5 nitrogen and oxygen atoms in total. The van der Waals surface area contributed by atoms with Gasteiger partial charge in [-0.05, 0) is 41.8 Å². The maximum absolute atomic E-state index is 11.5. The molecule has 0 aliphatic carbocycles. The predicted molar refractivity (Wildman–Crippen MR) is 87.6 cm³/mol. The Balaban J connectivity index is 1.83. The zero-order chi connectivity index (χ0) is 16.4. The zero-order valence-corrected chi connectivity index (χ0v) is 12.6. The number of hydrogen-bond acceptors (Lipinski definition) is 3. The van der Waals surface area contributed by atoms with E-state index in [1.54, 1.807) is 23.7 Å². The highest BCUT2D eigenvalue weighted by atomic mass is 16.5. The number of benzene rings is 2. The van der Waals surface area contributed by atoms with Gasteiger partial charge >= 0.3 is 0 Å². The van der Waals surface area contributed by atoms with E-state index in [-0.39, 0.29) is 0 Å². The molecule has 2 aromatic carbocycles. The van der Waals surface area contributed by atoms with Crippen molar-refractivity contribution in [3.05, 3.63) is 70.1 Å². The number of aryl methyl sites for hydroxylation is 1. The second-order valence-electron chi connectivity index (χ2n) is 5.55. The molecule has 23 heavy (non-hydrogen) atoms. The lowest BCUT2D eigenvalue weighted by atomic mass is 10.0. The van der Waals surface area contributed by atoms with Crippen LogP contribution in [-0.4, -0.2) is 16.8 Å². The zero-order valence-electron chi connectivity index (χ0n) is 12.6. The molecule has 0 atom stereocenters. The molecular weight excluding hydrogens is 290 g/mol. The van der Waals surface area contributed by atoms with Crippen molar-refractivity contribution in [3.63, 3.8) is 0 Å². The largest absolute Gasteiger partial charge is 0.288 e. The van der Waals surface area contributed by atoms with Crippen molar-refractivity contribution in [1.82, 2.24) is 5.48 Å². The van der Waals surface area contributed by atoms with Crippen LogP contribution in [0.1, 0.15) is 27.0 Å². The number of rotatable bonds is 3. The highest BCUT2D eigenvalue weighted by molar-refractivity contribution is 5.97. The van der Waals surface area contributed by atoms with Crippen LogP contribution in [0.2, 0.25) is 0 Å². The van der Waals surface area contributed by atoms with Crippen LogP contribution in [-0.2, 0) is 12.8 Å². The van der Waals surface area contributed by atoms with E-state index < -0.39 is 5.91 Å². The van der Waals surface area contributed by atoms with E-state index in [0.29, 0.717) is 17.7 Å². The molecule has 0 bridgehead atoms. The molecule has 0 radical (unpaired) electrons. The first-order chi connectivity index (χ1) is 11.1. The van der Waals surface area contributed by atoms with Gasteiger partial charge in [0.2, 0.25) is 0 Å². The van der Waals surface area contributed by atoms with Crippen LogP contribution in [0.3, 0.4) is 0 Å². The molecule has 1 aliphatic heterocycles. The minimum Gasteiger partial charge on any atom is -0.288 e. The highest BCUT2D eigenvalue weighted by Gasteiger charge is 2.17. The molecule has 5 heteroatoms. The minimum absolute atomic E-state index is 0.409. The van der Waals surface area contributed by atoms with E-state index in [1.807, 2.05) is 25.1 Å². The number of amides is 1. The molecule has 2 aromatic rings. The maximum atomic E-state index is 11.5. The summed E-state index contributed by atoms with van der Waals surface area (Å²) in [4.78, 5) is 19.6. The smallest absolute Gasteiger partial charge is 0.274 e. The van der Waals surface area contributed by atoms with E-state index in [1.165, 1.54) is 0 Å². The Morgan fingerprint density at radius 3 is 2.96 bits per heavy atom. The topological polar surface area (TPSA) is 66.0 Å². The SMILES string of the molecule is [C-]#[N+]c1cc2c(cc1C)CC(Cc1cccc(C(=O)NO)c1)=N2. The van der Waals surface area contributed by atoms with Gasteiger partial charge in [-0.1, -0.05) is 18.2 Å². The van der Waals surface area contributed by atoms with Gasteiger partial charge in [-0.15, -0.1) is 0 Å². The average molecular weight is 305 g/mol. The number of aliphatic imine (C=N–C) groups is 1. The van der Waals surface area contributed by atoms with Gasteiger partial charge in [0, 0.05) is 24.1 Å². The summed E-state index contributed by atoms with van der Waals surface area (Å²) in [6.07, 6.45) is 1.39. The lowest BCUT2D eigenvalue weighted by Gasteiger charge is -2.04. The summed E-state index contributed by atoms with van der Waals surface area (Å²) in [5.41, 5.74) is 7.61. The van der Waals surface area contributed by atoms with E-state index in [2.05, 4.69) is 9.84 Å². The van der Waals surface area contributed by atoms with Crippen molar-refractivity contribution in [3.8, 4) is 0 Å². The number of nitrogens with one attached hydrogen (secondary N) is 1. The highest BCUT2D eigenvalue weighted by Crippen LogP contribution is 2.34. The number of fused-ring (bicyclic) bond motifs is 1. The molecule has 0 fully saturated rings. The predicted octanol–water partition coefficient (Wildman–Crippen LogP) is 3.54.